The summed E-state index contributed by atoms with van der Waals surface area (Å²) in [4.78, 5) is 18.5. The SMILES string of the molecule is O=C(/C=C/c1ccccc1)N1c2ccccc2C[C@H]1c1c[nH]c2ccccc12. The molecule has 4 aromatic rings. The lowest BCUT2D eigenvalue weighted by Gasteiger charge is -2.24. The van der Waals surface area contributed by atoms with Gasteiger partial charge in [-0.2, -0.15) is 0 Å². The third kappa shape index (κ3) is 2.81. The van der Waals surface area contributed by atoms with E-state index in [4.69, 9.17) is 0 Å². The third-order valence-corrected chi connectivity index (χ3v) is 5.41. The van der Waals surface area contributed by atoms with Gasteiger partial charge in [-0.25, -0.2) is 0 Å². The Balaban J connectivity index is 1.55. The van der Waals surface area contributed by atoms with Gasteiger partial charge in [-0.05, 0) is 35.8 Å². The maximum absolute atomic E-state index is 13.3. The highest BCUT2D eigenvalue weighted by Crippen LogP contribution is 2.42. The van der Waals surface area contributed by atoms with Crippen LogP contribution in [0.4, 0.5) is 5.69 Å². The lowest BCUT2D eigenvalue weighted by atomic mass is 10.0. The molecule has 28 heavy (non-hydrogen) atoms. The van der Waals surface area contributed by atoms with Crippen LogP contribution in [-0.2, 0) is 11.2 Å². The van der Waals surface area contributed by atoms with Gasteiger partial charge < -0.3 is 9.88 Å². The molecule has 0 saturated carbocycles. The zero-order valence-corrected chi connectivity index (χ0v) is 15.4. The number of anilines is 1. The minimum Gasteiger partial charge on any atom is -0.361 e. The highest BCUT2D eigenvalue weighted by atomic mass is 16.2. The molecule has 2 heterocycles. The number of amides is 1. The van der Waals surface area contributed by atoms with Crippen molar-refractivity contribution in [2.24, 2.45) is 0 Å². The summed E-state index contributed by atoms with van der Waals surface area (Å²) in [5.74, 6) is 0.00378. The molecule has 1 atom stereocenters. The number of benzene rings is 3. The molecular formula is C25H20N2O. The Morgan fingerprint density at radius 2 is 1.68 bits per heavy atom. The number of carbonyl (C=O) groups is 1. The van der Waals surface area contributed by atoms with E-state index in [1.54, 1.807) is 6.08 Å². The predicted octanol–water partition coefficient (Wildman–Crippen LogP) is 5.51. The van der Waals surface area contributed by atoms with Crippen LogP contribution in [0.3, 0.4) is 0 Å². The fourth-order valence-corrected chi connectivity index (χ4v) is 4.09. The van der Waals surface area contributed by atoms with Gasteiger partial charge in [-0.3, -0.25) is 4.79 Å². The molecule has 1 aliphatic rings. The molecule has 1 aliphatic heterocycles. The normalized spacial score (nSPS) is 16.0. The first-order chi connectivity index (χ1) is 13.8. The maximum atomic E-state index is 13.3. The molecule has 0 spiro atoms. The van der Waals surface area contributed by atoms with E-state index in [2.05, 4.69) is 23.2 Å². The number of aromatic nitrogens is 1. The van der Waals surface area contributed by atoms with Gasteiger partial charge in [-0.1, -0.05) is 66.7 Å². The van der Waals surface area contributed by atoms with Gasteiger partial charge in [0.25, 0.3) is 5.91 Å². The van der Waals surface area contributed by atoms with E-state index in [9.17, 15) is 4.79 Å². The molecular weight excluding hydrogens is 344 g/mol. The number of hydrogen-bond acceptors (Lipinski definition) is 1. The van der Waals surface area contributed by atoms with Crippen molar-refractivity contribution in [3.05, 3.63) is 108 Å². The van der Waals surface area contributed by atoms with Gasteiger partial charge in [0.15, 0.2) is 0 Å². The quantitative estimate of drug-likeness (QED) is 0.478. The minimum absolute atomic E-state index is 0.00378. The number of nitrogens with zero attached hydrogens (tertiary/aromatic N) is 1. The van der Waals surface area contributed by atoms with Gasteiger partial charge in [-0.15, -0.1) is 0 Å². The van der Waals surface area contributed by atoms with E-state index in [1.807, 2.05) is 77.8 Å². The molecule has 3 heteroatoms. The van der Waals surface area contributed by atoms with Crippen LogP contribution < -0.4 is 4.90 Å². The molecule has 0 radical (unpaired) electrons. The molecule has 3 nitrogen and oxygen atoms in total. The van der Waals surface area contributed by atoms with Gasteiger partial charge in [0, 0.05) is 34.4 Å². The molecule has 136 valence electrons. The molecule has 1 amide bonds. The van der Waals surface area contributed by atoms with E-state index in [0.717, 1.165) is 28.8 Å². The Labute approximate surface area is 163 Å². The smallest absolute Gasteiger partial charge is 0.251 e. The van der Waals surface area contributed by atoms with Gasteiger partial charge >= 0.3 is 0 Å². The average Bonchev–Trinajstić information content (AvgIpc) is 3.34. The summed E-state index contributed by atoms with van der Waals surface area (Å²) in [5.41, 5.74) is 5.49. The van der Waals surface area contributed by atoms with Crippen LogP contribution in [0.15, 0.2) is 91.1 Å². The number of nitrogens with one attached hydrogen (secondary N) is 1. The second-order valence-electron chi connectivity index (χ2n) is 7.09. The van der Waals surface area contributed by atoms with E-state index in [-0.39, 0.29) is 11.9 Å². The first-order valence-electron chi connectivity index (χ1n) is 9.51. The lowest BCUT2D eigenvalue weighted by molar-refractivity contribution is -0.114. The van der Waals surface area contributed by atoms with Crippen molar-refractivity contribution in [1.29, 1.82) is 0 Å². The number of aromatic amines is 1. The molecule has 0 unspecified atom stereocenters. The Morgan fingerprint density at radius 1 is 0.929 bits per heavy atom. The molecule has 0 aliphatic carbocycles. The van der Waals surface area contributed by atoms with Crippen LogP contribution in [0.25, 0.3) is 17.0 Å². The Hall–Kier alpha value is -3.59. The summed E-state index contributed by atoms with van der Waals surface area (Å²) in [6, 6.07) is 26.4. The van der Waals surface area contributed by atoms with E-state index in [0.29, 0.717) is 0 Å². The van der Waals surface area contributed by atoms with Crippen LogP contribution in [0, 0.1) is 0 Å². The Kier molecular flexibility index (Phi) is 4.06. The summed E-state index contributed by atoms with van der Waals surface area (Å²) >= 11 is 0. The number of H-pyrrole nitrogens is 1. The van der Waals surface area contributed by atoms with Crippen molar-refractivity contribution in [1.82, 2.24) is 4.98 Å². The van der Waals surface area contributed by atoms with Crippen molar-refractivity contribution in [2.45, 2.75) is 12.5 Å². The maximum Gasteiger partial charge on any atom is 0.251 e. The zero-order chi connectivity index (χ0) is 18.9. The van der Waals surface area contributed by atoms with Crippen LogP contribution in [0.5, 0.6) is 0 Å². The van der Waals surface area contributed by atoms with Crippen LogP contribution in [-0.4, -0.2) is 10.9 Å². The number of fused-ring (bicyclic) bond motifs is 2. The molecule has 1 N–H and O–H groups in total. The summed E-state index contributed by atoms with van der Waals surface area (Å²) in [7, 11) is 0. The number of rotatable bonds is 3. The summed E-state index contributed by atoms with van der Waals surface area (Å²) in [5, 5.41) is 1.17. The number of carbonyl (C=O) groups excluding carboxylic acids is 1. The largest absolute Gasteiger partial charge is 0.361 e. The second-order valence-corrected chi connectivity index (χ2v) is 7.09. The fraction of sp³-hybridized carbons (Fsp3) is 0.0800. The highest BCUT2D eigenvalue weighted by Gasteiger charge is 2.34. The topological polar surface area (TPSA) is 36.1 Å². The summed E-state index contributed by atoms with van der Waals surface area (Å²) in [6.45, 7) is 0. The monoisotopic (exact) mass is 364 g/mol. The fourth-order valence-electron chi connectivity index (χ4n) is 4.09. The molecule has 0 bridgehead atoms. The molecule has 5 rings (SSSR count). The third-order valence-electron chi connectivity index (χ3n) is 5.41. The second kappa shape index (κ2) is 6.86. The molecule has 1 aromatic heterocycles. The van der Waals surface area contributed by atoms with Crippen molar-refractivity contribution < 1.29 is 4.79 Å². The average molecular weight is 364 g/mol. The number of para-hydroxylation sites is 2. The van der Waals surface area contributed by atoms with Crippen molar-refractivity contribution in [3.8, 4) is 0 Å². The first kappa shape index (κ1) is 16.6. The van der Waals surface area contributed by atoms with Crippen molar-refractivity contribution in [2.75, 3.05) is 4.90 Å². The molecule has 3 aromatic carbocycles. The van der Waals surface area contributed by atoms with Crippen molar-refractivity contribution >= 4 is 28.6 Å². The standard InChI is InChI=1S/C25H20N2O/c28-25(15-14-18-8-2-1-3-9-18)27-23-13-7-4-10-19(23)16-24(27)21-17-26-22-12-6-5-11-20(21)22/h1-15,17,24,26H,16H2/b15-14+/t24-/m0/s1. The molecule has 0 saturated heterocycles. The Morgan fingerprint density at radius 3 is 2.57 bits per heavy atom. The van der Waals surface area contributed by atoms with Crippen molar-refractivity contribution in [3.63, 3.8) is 0 Å². The van der Waals surface area contributed by atoms with Gasteiger partial charge in [0.05, 0.1) is 6.04 Å². The highest BCUT2D eigenvalue weighted by molar-refractivity contribution is 6.06. The van der Waals surface area contributed by atoms with Crippen LogP contribution in [0.1, 0.15) is 22.7 Å². The molecule has 0 fully saturated rings. The predicted molar refractivity (Wildman–Crippen MR) is 114 cm³/mol. The van der Waals surface area contributed by atoms with Crippen LogP contribution in [0.2, 0.25) is 0 Å². The van der Waals surface area contributed by atoms with E-state index < -0.39 is 0 Å². The Bertz CT molecular complexity index is 1170. The van der Waals surface area contributed by atoms with Gasteiger partial charge in [0.2, 0.25) is 0 Å². The van der Waals surface area contributed by atoms with E-state index >= 15 is 0 Å². The van der Waals surface area contributed by atoms with E-state index in [1.165, 1.54) is 10.9 Å². The van der Waals surface area contributed by atoms with Gasteiger partial charge in [0.1, 0.15) is 0 Å². The lowest BCUT2D eigenvalue weighted by Crippen LogP contribution is -2.30. The minimum atomic E-state index is -0.0125. The van der Waals surface area contributed by atoms with Crippen LogP contribution >= 0.6 is 0 Å². The zero-order valence-electron chi connectivity index (χ0n) is 15.4. The number of hydrogen-bond donors (Lipinski definition) is 1. The first-order valence-corrected chi connectivity index (χ1v) is 9.51. The summed E-state index contributed by atoms with van der Waals surface area (Å²) in [6.07, 6.45) is 6.43. The summed E-state index contributed by atoms with van der Waals surface area (Å²) < 4.78 is 0.